The second kappa shape index (κ2) is 45.8. The lowest BCUT2D eigenvalue weighted by atomic mass is 9.99. The molecule has 0 saturated carbocycles. The first kappa shape index (κ1) is 91.7. The van der Waals surface area contributed by atoms with Crippen LogP contribution >= 0.6 is 22.9 Å². The number of ether oxygens (including phenoxy) is 7. The molecule has 42 heteroatoms. The molecule has 3 aliphatic rings. The number of aromatic nitrogens is 12. The predicted octanol–water partition coefficient (Wildman–Crippen LogP) is 3.58. The fourth-order valence-corrected chi connectivity index (χ4v) is 15.2. The summed E-state index contributed by atoms with van der Waals surface area (Å²) in [5, 5.41) is 36.0. The van der Waals surface area contributed by atoms with Crippen molar-refractivity contribution < 1.29 is 76.3 Å². The molecule has 0 spiro atoms. The van der Waals surface area contributed by atoms with Crippen LogP contribution in [0.1, 0.15) is 144 Å². The Labute approximate surface area is 714 Å². The van der Waals surface area contributed by atoms with E-state index in [-0.39, 0.29) is 116 Å². The van der Waals surface area contributed by atoms with Gasteiger partial charge in [0, 0.05) is 184 Å². The fraction of sp³-hybridized carbons (Fsp3) is 0.525. The molecule has 7 aromatic heterocycles. The lowest BCUT2D eigenvalue weighted by molar-refractivity contribution is -0.132. The topological polar surface area (TPSA) is 452 Å². The molecule has 0 radical (unpaired) electrons. The third-order valence-corrected chi connectivity index (χ3v) is 21.9. The predicted molar refractivity (Wildman–Crippen MR) is 451 cm³/mol. The molecule has 9 N–H and O–H groups in total. The molecule has 0 bridgehead atoms. The Kier molecular flexibility index (Phi) is 34.4. The summed E-state index contributed by atoms with van der Waals surface area (Å²) >= 11 is 7.97. The maximum atomic E-state index is 13.7. The molecule has 3 aliphatic heterocycles. The number of piperidine rings is 2. The van der Waals surface area contributed by atoms with E-state index in [1.807, 2.05) is 31.2 Å². The average Bonchev–Trinajstić information content (AvgIpc) is 1.59. The molecule has 8 aromatic rings. The Morgan fingerprint density at radius 2 is 1.01 bits per heavy atom. The van der Waals surface area contributed by atoms with E-state index in [1.54, 1.807) is 68.4 Å². The second-order valence-corrected chi connectivity index (χ2v) is 31.1. The monoisotopic (exact) mass is 1730 g/mol. The van der Waals surface area contributed by atoms with Crippen molar-refractivity contribution in [3.05, 3.63) is 135 Å². The number of carbonyl (C=O) groups excluding carboxylic acids is 9. The number of aliphatic imine (C=N–C) groups is 1. The van der Waals surface area contributed by atoms with E-state index in [0.717, 1.165) is 78.5 Å². The van der Waals surface area contributed by atoms with Crippen LogP contribution < -0.4 is 47.9 Å². The lowest BCUT2D eigenvalue weighted by Crippen LogP contribution is -2.46. The Morgan fingerprint density at radius 1 is 0.508 bits per heavy atom. The van der Waals surface area contributed by atoms with E-state index in [0.29, 0.717) is 129 Å². The van der Waals surface area contributed by atoms with Crippen molar-refractivity contribution in [2.24, 2.45) is 40.2 Å². The van der Waals surface area contributed by atoms with Gasteiger partial charge in [0.2, 0.25) is 41.1 Å². The summed E-state index contributed by atoms with van der Waals surface area (Å²) in [5.74, 6) is -2.26. The standard InChI is InChI=1S/C80H109ClN24O16S/c1-51-52(2)122-80-68(51)69(54-9-11-55(81)12-10-54)89-59(70-97-96-53(3)105(70)80)46-66(108)87-57-16-25-103(26-17-57)30-32-116-34-36-118-38-40-120-42-44-121-43-41-119-39-37-117-35-33-115-31-24-82-56-18-27-104(28-19-56)67(109)15-22-86-77(112)72-92-61(48-100(72)6)90-65(107)14-21-85-76(111)73-94-63(50-101(73)7)95-79(114)74-93-62(49-102(74)8)91-64(106)13-20-84-75(110)60-45-58(47-99(60)5)88-78(113)71-83-23-29-98(71)4/h9-12,23,29,45,47-50,56-57,59,82H,13-22,24-28,30-44,46H2,1-8H3,(H,84,110)(H,85,111)(H,86,112)(H,87,108)(H,88,113)(H,90,107)(H,91,106)(H,95,114)/t59-/m0/s1. The molecule has 9 amide bonds. The maximum absolute atomic E-state index is 13.7. The SMILES string of the molecule is Cc1sc2c(c1C)C(c1ccc(Cl)cc1)=N[C@@H](CC(=O)NC1CCN(CCOCCOCCOCCOCCOCCOCCOCCNC3CCN(C(=O)CCNC(=O)c4nc(NC(=O)CCNC(=O)c5nc(NC(=O)c6nc(NC(=O)CCNC(=O)c7cc(NC(=O)c8nccn8C)cn7C)cn6C)cn5C)cn4C)CC3)CC1)c1nnc(C)n1-2. The number of rotatable bonds is 47. The molecule has 0 aliphatic carbocycles. The molecular weight excluding hydrogens is 1620 g/mol. The molecule has 2 saturated heterocycles. The van der Waals surface area contributed by atoms with Gasteiger partial charge in [-0.3, -0.25) is 52.7 Å². The number of nitrogens with one attached hydrogen (secondary N) is 9. The molecule has 658 valence electrons. The van der Waals surface area contributed by atoms with Gasteiger partial charge in [0.15, 0.2) is 29.1 Å². The highest BCUT2D eigenvalue weighted by Gasteiger charge is 2.34. The largest absolute Gasteiger partial charge is 0.378 e. The number of benzene rings is 1. The summed E-state index contributed by atoms with van der Waals surface area (Å²) in [4.78, 5) is 145. The van der Waals surface area contributed by atoms with Gasteiger partial charge in [-0.25, -0.2) is 19.9 Å². The van der Waals surface area contributed by atoms with Gasteiger partial charge in [0.25, 0.3) is 29.5 Å². The molecule has 0 unspecified atom stereocenters. The number of nitrogens with zero attached hydrogens (tertiary/aromatic N) is 15. The van der Waals surface area contributed by atoms with Crippen LogP contribution in [0.5, 0.6) is 0 Å². The molecule has 1 aromatic carbocycles. The summed E-state index contributed by atoms with van der Waals surface area (Å²) in [7, 11) is 8.00. The number of thiophene rings is 1. The van der Waals surface area contributed by atoms with Crippen molar-refractivity contribution in [3.8, 4) is 5.00 Å². The lowest BCUT2D eigenvalue weighted by Gasteiger charge is -2.32. The summed E-state index contributed by atoms with van der Waals surface area (Å²) in [5.41, 5.74) is 4.56. The van der Waals surface area contributed by atoms with Gasteiger partial charge in [-0.1, -0.05) is 23.7 Å². The van der Waals surface area contributed by atoms with Crippen LogP contribution in [0.3, 0.4) is 0 Å². The van der Waals surface area contributed by atoms with Crippen LogP contribution in [0.15, 0.2) is 72.5 Å². The van der Waals surface area contributed by atoms with E-state index >= 15 is 0 Å². The molecule has 11 rings (SSSR count). The van der Waals surface area contributed by atoms with Gasteiger partial charge in [0.1, 0.15) is 22.6 Å². The number of carbonyl (C=O) groups is 9. The van der Waals surface area contributed by atoms with Crippen LogP contribution in [0, 0.1) is 20.8 Å². The van der Waals surface area contributed by atoms with Crippen LogP contribution in [0.2, 0.25) is 5.02 Å². The number of amides is 9. The van der Waals surface area contributed by atoms with E-state index in [1.165, 1.54) is 54.0 Å². The minimum atomic E-state index is -0.696. The molecule has 122 heavy (non-hydrogen) atoms. The summed E-state index contributed by atoms with van der Waals surface area (Å²) in [6.07, 6.45) is 12.2. The number of hydrogen-bond acceptors (Lipinski definition) is 26. The van der Waals surface area contributed by atoms with Crippen molar-refractivity contribution in [1.82, 2.24) is 93.9 Å². The van der Waals surface area contributed by atoms with Gasteiger partial charge < -0.3 is 114 Å². The quantitative estimate of drug-likeness (QED) is 0.0246. The highest BCUT2D eigenvalue weighted by molar-refractivity contribution is 7.15. The summed E-state index contributed by atoms with van der Waals surface area (Å²) in [6, 6.07) is 8.98. The zero-order chi connectivity index (χ0) is 86.6. The highest BCUT2D eigenvalue weighted by Crippen LogP contribution is 2.40. The molecular formula is C80H109ClN24O16S. The second-order valence-electron chi connectivity index (χ2n) is 29.5. The first-order chi connectivity index (χ1) is 58.9. The molecule has 1 atom stereocenters. The molecule has 40 nitrogen and oxygen atoms in total. The van der Waals surface area contributed by atoms with Crippen molar-refractivity contribution >= 4 is 105 Å². The van der Waals surface area contributed by atoms with Crippen molar-refractivity contribution in [3.63, 3.8) is 0 Å². The average molecular weight is 1730 g/mol. The zero-order valence-electron chi connectivity index (χ0n) is 70.0. The van der Waals surface area contributed by atoms with Crippen LogP contribution in [-0.4, -0.2) is 290 Å². The van der Waals surface area contributed by atoms with Crippen LogP contribution in [0.4, 0.5) is 23.1 Å². The first-order valence-electron chi connectivity index (χ1n) is 40.7. The highest BCUT2D eigenvalue weighted by atomic mass is 35.5. The smallest absolute Gasteiger partial charge is 0.292 e. The first-order valence-corrected chi connectivity index (χ1v) is 41.9. The normalized spacial score (nSPS) is 14.4. The van der Waals surface area contributed by atoms with Crippen molar-refractivity contribution in [1.29, 1.82) is 0 Å². The number of anilines is 4. The Bertz CT molecular complexity index is 4910. The number of fused-ring (bicyclic) bond motifs is 3. The summed E-state index contributed by atoms with van der Waals surface area (Å²) < 4.78 is 49.1. The third kappa shape index (κ3) is 26.5. The zero-order valence-corrected chi connectivity index (χ0v) is 71.6. The van der Waals surface area contributed by atoms with E-state index in [9.17, 15) is 43.2 Å². The number of imidazole rings is 4. The van der Waals surface area contributed by atoms with Gasteiger partial charge >= 0.3 is 0 Å². The Morgan fingerprint density at radius 3 is 1.56 bits per heavy atom. The molecule has 2 fully saturated rings. The van der Waals surface area contributed by atoms with Crippen molar-refractivity contribution in [2.45, 2.75) is 90.3 Å². The van der Waals surface area contributed by atoms with Crippen molar-refractivity contribution in [2.75, 3.05) is 173 Å². The number of aryl methyl sites for hydroxylation is 7. The number of hydrogen-bond donors (Lipinski definition) is 9. The van der Waals surface area contributed by atoms with Gasteiger partial charge in [0.05, 0.1) is 110 Å². The Balaban J connectivity index is 0.439. The van der Waals surface area contributed by atoms with E-state index < -0.39 is 47.4 Å². The Hall–Kier alpha value is -11.0. The van der Waals surface area contributed by atoms with E-state index in [2.05, 4.69) is 101 Å². The van der Waals surface area contributed by atoms with Gasteiger partial charge in [-0.2, -0.15) is 0 Å². The summed E-state index contributed by atoms with van der Waals surface area (Å²) in [6.45, 7) is 17.0. The third-order valence-electron chi connectivity index (χ3n) is 20.4. The van der Waals surface area contributed by atoms with Crippen LogP contribution in [0.25, 0.3) is 5.00 Å². The van der Waals surface area contributed by atoms with Gasteiger partial charge in [-0.05, 0) is 70.2 Å². The van der Waals surface area contributed by atoms with E-state index in [4.69, 9.17) is 49.8 Å². The van der Waals surface area contributed by atoms with Crippen LogP contribution in [-0.2, 0) is 87.6 Å². The number of halogens is 1. The minimum Gasteiger partial charge on any atom is -0.378 e. The van der Waals surface area contributed by atoms with Gasteiger partial charge in [-0.15, -0.1) is 21.5 Å². The molecule has 10 heterocycles. The minimum absolute atomic E-state index is 0.0141. The maximum Gasteiger partial charge on any atom is 0.292 e. The fourth-order valence-electron chi connectivity index (χ4n) is 13.9. The number of likely N-dealkylation sites (tertiary alicyclic amines) is 2.